The van der Waals surface area contributed by atoms with Crippen molar-refractivity contribution in [2.75, 3.05) is 39.5 Å². The highest BCUT2D eigenvalue weighted by Crippen LogP contribution is 2.32. The maximum absolute atomic E-state index is 8.71. The predicted molar refractivity (Wildman–Crippen MR) is 79.1 cm³/mol. The molecule has 1 unspecified atom stereocenters. The molecule has 0 saturated carbocycles. The van der Waals surface area contributed by atoms with Crippen LogP contribution in [-0.2, 0) is 4.74 Å². The Labute approximate surface area is 121 Å². The predicted octanol–water partition coefficient (Wildman–Crippen LogP) is 2.23. The van der Waals surface area contributed by atoms with Gasteiger partial charge in [-0.05, 0) is 44.0 Å². The molecule has 1 saturated heterocycles. The Kier molecular flexibility index (Phi) is 6.30. The maximum Gasteiger partial charge on any atom is 0.119 e. The molecule has 1 heterocycles. The van der Waals surface area contributed by atoms with Crippen LogP contribution in [0.4, 0.5) is 0 Å². The van der Waals surface area contributed by atoms with Crippen LogP contribution in [0.2, 0.25) is 0 Å². The van der Waals surface area contributed by atoms with E-state index in [2.05, 4.69) is 29.2 Å². The summed E-state index contributed by atoms with van der Waals surface area (Å²) in [6, 6.07) is 8.93. The fourth-order valence-corrected chi connectivity index (χ4v) is 2.77. The molecule has 1 aliphatic rings. The van der Waals surface area contributed by atoms with E-state index in [0.717, 1.165) is 18.8 Å². The van der Waals surface area contributed by atoms with Crippen molar-refractivity contribution in [3.63, 3.8) is 0 Å². The fraction of sp³-hybridized carbons (Fsp3) is 0.625. The molecule has 0 bridgehead atoms. The lowest BCUT2D eigenvalue weighted by molar-refractivity contribution is 0.0709. The first-order chi connectivity index (χ1) is 9.85. The number of ether oxygens (including phenoxy) is 2. The van der Waals surface area contributed by atoms with Crippen molar-refractivity contribution in [2.24, 2.45) is 0 Å². The molecular formula is C16H25NO3. The van der Waals surface area contributed by atoms with Gasteiger partial charge in [-0.2, -0.15) is 0 Å². The minimum absolute atomic E-state index is 0.0995. The van der Waals surface area contributed by atoms with Gasteiger partial charge in [-0.25, -0.2) is 0 Å². The van der Waals surface area contributed by atoms with Gasteiger partial charge in [0.25, 0.3) is 0 Å². The van der Waals surface area contributed by atoms with Crippen LogP contribution in [0, 0.1) is 0 Å². The molecule has 0 amide bonds. The summed E-state index contributed by atoms with van der Waals surface area (Å²) in [4.78, 5) is 2.47. The van der Waals surface area contributed by atoms with E-state index in [1.54, 1.807) is 0 Å². The zero-order valence-electron chi connectivity index (χ0n) is 12.3. The van der Waals surface area contributed by atoms with E-state index in [-0.39, 0.29) is 6.61 Å². The van der Waals surface area contributed by atoms with E-state index in [1.165, 1.54) is 18.4 Å². The zero-order chi connectivity index (χ0) is 14.2. The SMILES string of the molecule is CCOc1ccc(C2CCCN2CCOCCO)cc1. The Morgan fingerprint density at radius 2 is 2.05 bits per heavy atom. The molecule has 1 aromatic rings. The number of hydrogen-bond donors (Lipinski definition) is 1. The van der Waals surface area contributed by atoms with Gasteiger partial charge < -0.3 is 14.6 Å². The number of nitrogens with zero attached hydrogens (tertiary/aromatic N) is 1. The summed E-state index contributed by atoms with van der Waals surface area (Å²) in [5.41, 5.74) is 1.35. The topological polar surface area (TPSA) is 41.9 Å². The van der Waals surface area contributed by atoms with E-state index >= 15 is 0 Å². The number of rotatable bonds is 8. The first-order valence-corrected chi connectivity index (χ1v) is 7.50. The monoisotopic (exact) mass is 279 g/mol. The average Bonchev–Trinajstić information content (AvgIpc) is 2.93. The second-order valence-electron chi connectivity index (χ2n) is 5.03. The summed E-state index contributed by atoms with van der Waals surface area (Å²) in [5.74, 6) is 0.937. The van der Waals surface area contributed by atoms with Crippen LogP contribution in [-0.4, -0.2) is 49.5 Å². The molecule has 1 N–H and O–H groups in total. The van der Waals surface area contributed by atoms with Gasteiger partial charge in [-0.15, -0.1) is 0 Å². The molecule has 4 heteroatoms. The lowest BCUT2D eigenvalue weighted by Gasteiger charge is -2.24. The van der Waals surface area contributed by atoms with Crippen LogP contribution >= 0.6 is 0 Å². The van der Waals surface area contributed by atoms with Crippen molar-refractivity contribution in [3.8, 4) is 5.75 Å². The van der Waals surface area contributed by atoms with E-state index in [4.69, 9.17) is 14.6 Å². The van der Waals surface area contributed by atoms with Crippen LogP contribution < -0.4 is 4.74 Å². The van der Waals surface area contributed by atoms with Gasteiger partial charge in [-0.3, -0.25) is 4.90 Å². The highest BCUT2D eigenvalue weighted by molar-refractivity contribution is 5.29. The molecule has 2 rings (SSSR count). The Morgan fingerprint density at radius 1 is 1.25 bits per heavy atom. The summed E-state index contributed by atoms with van der Waals surface area (Å²) in [5, 5.41) is 8.71. The highest BCUT2D eigenvalue weighted by atomic mass is 16.5. The molecule has 112 valence electrons. The third-order valence-electron chi connectivity index (χ3n) is 3.70. The molecule has 0 radical (unpaired) electrons. The minimum atomic E-state index is 0.0995. The molecule has 1 aliphatic heterocycles. The van der Waals surface area contributed by atoms with Crippen molar-refractivity contribution in [1.82, 2.24) is 4.90 Å². The molecule has 0 spiro atoms. The van der Waals surface area contributed by atoms with E-state index in [9.17, 15) is 0 Å². The number of benzene rings is 1. The molecule has 1 aromatic carbocycles. The van der Waals surface area contributed by atoms with Gasteiger partial charge in [0.1, 0.15) is 5.75 Å². The lowest BCUT2D eigenvalue weighted by atomic mass is 10.0. The number of hydrogen-bond acceptors (Lipinski definition) is 4. The first kappa shape index (κ1) is 15.3. The summed E-state index contributed by atoms with van der Waals surface area (Å²) in [6.45, 7) is 5.98. The van der Waals surface area contributed by atoms with Crippen LogP contribution in [0.15, 0.2) is 24.3 Å². The van der Waals surface area contributed by atoms with Gasteiger partial charge in [0.2, 0.25) is 0 Å². The Hall–Kier alpha value is -1.10. The number of aliphatic hydroxyl groups excluding tert-OH is 1. The Bertz CT molecular complexity index is 380. The minimum Gasteiger partial charge on any atom is -0.494 e. The Morgan fingerprint density at radius 3 is 2.75 bits per heavy atom. The van der Waals surface area contributed by atoms with Crippen LogP contribution in [0.5, 0.6) is 5.75 Å². The van der Waals surface area contributed by atoms with Gasteiger partial charge in [0.05, 0.1) is 26.4 Å². The van der Waals surface area contributed by atoms with Crippen LogP contribution in [0.25, 0.3) is 0 Å². The summed E-state index contributed by atoms with van der Waals surface area (Å²) in [6.07, 6.45) is 2.44. The zero-order valence-corrected chi connectivity index (χ0v) is 12.3. The molecule has 0 aliphatic carbocycles. The molecule has 1 atom stereocenters. The van der Waals surface area contributed by atoms with E-state index in [1.807, 2.05) is 6.92 Å². The third-order valence-corrected chi connectivity index (χ3v) is 3.70. The molecule has 1 fully saturated rings. The van der Waals surface area contributed by atoms with E-state index in [0.29, 0.717) is 25.9 Å². The summed E-state index contributed by atoms with van der Waals surface area (Å²) < 4.78 is 10.9. The molecule has 20 heavy (non-hydrogen) atoms. The molecule has 4 nitrogen and oxygen atoms in total. The summed E-state index contributed by atoms with van der Waals surface area (Å²) >= 11 is 0. The third kappa shape index (κ3) is 4.20. The lowest BCUT2D eigenvalue weighted by Crippen LogP contribution is -2.27. The normalized spacial score (nSPS) is 19.4. The number of likely N-dealkylation sites (tertiary alicyclic amines) is 1. The fourth-order valence-electron chi connectivity index (χ4n) is 2.77. The van der Waals surface area contributed by atoms with Crippen molar-refractivity contribution in [3.05, 3.63) is 29.8 Å². The van der Waals surface area contributed by atoms with Gasteiger partial charge in [-0.1, -0.05) is 12.1 Å². The van der Waals surface area contributed by atoms with Gasteiger partial charge in [0.15, 0.2) is 0 Å². The van der Waals surface area contributed by atoms with Crippen LogP contribution in [0.3, 0.4) is 0 Å². The van der Waals surface area contributed by atoms with Crippen LogP contribution in [0.1, 0.15) is 31.4 Å². The van der Waals surface area contributed by atoms with Crippen molar-refractivity contribution >= 4 is 0 Å². The summed E-state index contributed by atoms with van der Waals surface area (Å²) in [7, 11) is 0. The van der Waals surface area contributed by atoms with Crippen molar-refractivity contribution in [2.45, 2.75) is 25.8 Å². The Balaban J connectivity index is 1.89. The van der Waals surface area contributed by atoms with Gasteiger partial charge >= 0.3 is 0 Å². The second-order valence-corrected chi connectivity index (χ2v) is 5.03. The molecular weight excluding hydrogens is 254 g/mol. The quantitative estimate of drug-likeness (QED) is 0.741. The second kappa shape index (κ2) is 8.25. The largest absolute Gasteiger partial charge is 0.494 e. The smallest absolute Gasteiger partial charge is 0.119 e. The number of aliphatic hydroxyl groups is 1. The standard InChI is InChI=1S/C16H25NO3/c1-2-20-15-7-5-14(6-8-15)16-4-3-9-17(16)10-12-19-13-11-18/h5-8,16,18H,2-4,9-13H2,1H3. The average molecular weight is 279 g/mol. The van der Waals surface area contributed by atoms with Crippen molar-refractivity contribution in [1.29, 1.82) is 0 Å². The van der Waals surface area contributed by atoms with Crippen molar-refractivity contribution < 1.29 is 14.6 Å². The first-order valence-electron chi connectivity index (χ1n) is 7.50. The van der Waals surface area contributed by atoms with E-state index < -0.39 is 0 Å². The highest BCUT2D eigenvalue weighted by Gasteiger charge is 2.25. The molecule has 0 aromatic heterocycles. The maximum atomic E-state index is 8.71. The van der Waals surface area contributed by atoms with Gasteiger partial charge in [0, 0.05) is 12.6 Å².